The van der Waals surface area contributed by atoms with Crippen LogP contribution >= 0.6 is 0 Å². The Labute approximate surface area is 183 Å². The molecule has 1 fully saturated rings. The van der Waals surface area contributed by atoms with Gasteiger partial charge in [-0.05, 0) is 43.4 Å². The summed E-state index contributed by atoms with van der Waals surface area (Å²) < 4.78 is 37.9. The average molecular weight is 448 g/mol. The van der Waals surface area contributed by atoms with Crippen LogP contribution in [-0.2, 0) is 27.8 Å². The molecule has 168 valence electrons. The van der Waals surface area contributed by atoms with E-state index in [0.717, 1.165) is 17.7 Å². The Hall–Kier alpha value is -2.46. The van der Waals surface area contributed by atoms with Gasteiger partial charge in [0.2, 0.25) is 10.0 Å². The van der Waals surface area contributed by atoms with Gasteiger partial charge in [-0.3, -0.25) is 4.79 Å². The number of sulfonamides is 1. The van der Waals surface area contributed by atoms with Crippen molar-refractivity contribution in [3.8, 4) is 5.75 Å². The highest BCUT2D eigenvalue weighted by Gasteiger charge is 2.28. The molecule has 2 aromatic rings. The third kappa shape index (κ3) is 5.62. The number of nitrogens with zero attached hydrogens (tertiary/aromatic N) is 2. The number of hydrogen-bond acceptors (Lipinski definition) is 6. The normalized spacial score (nSPS) is 15.1. The van der Waals surface area contributed by atoms with Crippen LogP contribution in [0.25, 0.3) is 0 Å². The number of rotatable bonds is 8. The highest BCUT2D eigenvalue weighted by Crippen LogP contribution is 2.25. The predicted molar refractivity (Wildman–Crippen MR) is 118 cm³/mol. The molecule has 0 unspecified atom stereocenters. The molecule has 0 spiro atoms. The van der Waals surface area contributed by atoms with Gasteiger partial charge in [-0.2, -0.15) is 4.31 Å². The van der Waals surface area contributed by atoms with E-state index in [1.807, 2.05) is 38.4 Å². The molecule has 0 aliphatic carbocycles. The van der Waals surface area contributed by atoms with Crippen molar-refractivity contribution in [3.63, 3.8) is 0 Å². The minimum absolute atomic E-state index is 0.0633. The van der Waals surface area contributed by atoms with Crippen molar-refractivity contribution in [2.45, 2.75) is 18.0 Å². The third-order valence-corrected chi connectivity index (χ3v) is 6.96. The first-order valence-electron chi connectivity index (χ1n) is 10.1. The van der Waals surface area contributed by atoms with Gasteiger partial charge in [0.05, 0.1) is 30.8 Å². The maximum Gasteiger partial charge on any atom is 0.255 e. The summed E-state index contributed by atoms with van der Waals surface area (Å²) in [7, 11) is 1.71. The summed E-state index contributed by atoms with van der Waals surface area (Å²) in [5.41, 5.74) is 2.30. The molecule has 0 saturated carbocycles. The van der Waals surface area contributed by atoms with Crippen LogP contribution in [0.2, 0.25) is 0 Å². The van der Waals surface area contributed by atoms with Crippen molar-refractivity contribution in [1.29, 1.82) is 0 Å². The van der Waals surface area contributed by atoms with E-state index < -0.39 is 15.9 Å². The largest absolute Gasteiger partial charge is 0.496 e. The Bertz CT molecular complexity index is 1020. The van der Waals surface area contributed by atoms with Crippen molar-refractivity contribution in [2.24, 2.45) is 0 Å². The monoisotopic (exact) mass is 447 g/mol. The van der Waals surface area contributed by atoms with Crippen molar-refractivity contribution in [2.75, 3.05) is 47.5 Å². The minimum atomic E-state index is -3.72. The van der Waals surface area contributed by atoms with E-state index >= 15 is 0 Å². The van der Waals surface area contributed by atoms with Crippen LogP contribution in [0.4, 0.5) is 0 Å². The van der Waals surface area contributed by atoms with Crippen molar-refractivity contribution < 1.29 is 22.7 Å². The SMILES string of the molecule is COc1ccc(S(=O)(=O)N2CCOCC2)cc1C(=O)NCc1ccccc1CN(C)C. The summed E-state index contributed by atoms with van der Waals surface area (Å²) in [6.45, 7) is 2.37. The Kier molecular flexibility index (Phi) is 7.66. The maximum atomic E-state index is 13.0. The Morgan fingerprint density at radius 1 is 1.13 bits per heavy atom. The van der Waals surface area contributed by atoms with Crippen LogP contribution in [-0.4, -0.2) is 71.0 Å². The lowest BCUT2D eigenvalue weighted by atomic mass is 10.1. The number of nitrogens with one attached hydrogen (secondary N) is 1. The Morgan fingerprint density at radius 3 is 2.45 bits per heavy atom. The molecule has 1 heterocycles. The summed E-state index contributed by atoms with van der Waals surface area (Å²) in [5, 5.41) is 2.90. The Balaban J connectivity index is 1.82. The highest BCUT2D eigenvalue weighted by molar-refractivity contribution is 7.89. The highest BCUT2D eigenvalue weighted by atomic mass is 32.2. The van der Waals surface area contributed by atoms with Gasteiger partial charge in [-0.1, -0.05) is 24.3 Å². The van der Waals surface area contributed by atoms with E-state index in [4.69, 9.17) is 9.47 Å². The molecule has 0 atom stereocenters. The first kappa shape index (κ1) is 23.2. The van der Waals surface area contributed by atoms with Crippen LogP contribution in [0.5, 0.6) is 5.75 Å². The van der Waals surface area contributed by atoms with Crippen molar-refractivity contribution in [1.82, 2.24) is 14.5 Å². The van der Waals surface area contributed by atoms with E-state index in [-0.39, 0.29) is 10.5 Å². The third-order valence-electron chi connectivity index (χ3n) is 5.07. The van der Waals surface area contributed by atoms with Crippen molar-refractivity contribution >= 4 is 15.9 Å². The first-order valence-corrected chi connectivity index (χ1v) is 11.5. The zero-order valence-electron chi connectivity index (χ0n) is 18.1. The summed E-state index contributed by atoms with van der Waals surface area (Å²) in [6.07, 6.45) is 0. The van der Waals surface area contributed by atoms with Gasteiger partial charge in [-0.25, -0.2) is 8.42 Å². The fraction of sp³-hybridized carbons (Fsp3) is 0.409. The lowest BCUT2D eigenvalue weighted by molar-refractivity contribution is 0.0730. The topological polar surface area (TPSA) is 88.2 Å². The van der Waals surface area contributed by atoms with Gasteiger partial charge < -0.3 is 19.7 Å². The molecule has 0 aromatic heterocycles. The van der Waals surface area contributed by atoms with E-state index in [1.54, 1.807) is 0 Å². The second kappa shape index (κ2) is 10.2. The van der Waals surface area contributed by atoms with Gasteiger partial charge in [0, 0.05) is 26.2 Å². The molecule has 9 heteroatoms. The summed E-state index contributed by atoms with van der Waals surface area (Å²) >= 11 is 0. The molecule has 8 nitrogen and oxygen atoms in total. The molecule has 31 heavy (non-hydrogen) atoms. The molecular formula is C22H29N3O5S. The molecule has 3 rings (SSSR count). The number of morpholine rings is 1. The summed E-state index contributed by atoms with van der Waals surface area (Å²) in [4.78, 5) is 15.1. The van der Waals surface area contributed by atoms with E-state index in [9.17, 15) is 13.2 Å². The van der Waals surface area contributed by atoms with Gasteiger partial charge in [-0.15, -0.1) is 0 Å². The van der Waals surface area contributed by atoms with Gasteiger partial charge in [0.15, 0.2) is 0 Å². The lowest BCUT2D eigenvalue weighted by Gasteiger charge is -2.26. The van der Waals surface area contributed by atoms with Crippen LogP contribution in [0, 0.1) is 0 Å². The number of methoxy groups -OCH3 is 1. The Morgan fingerprint density at radius 2 is 1.81 bits per heavy atom. The van der Waals surface area contributed by atoms with Crippen LogP contribution in [0.1, 0.15) is 21.5 Å². The molecule has 1 saturated heterocycles. The maximum absolute atomic E-state index is 13.0. The molecule has 1 N–H and O–H groups in total. The van der Waals surface area contributed by atoms with Crippen molar-refractivity contribution in [3.05, 3.63) is 59.2 Å². The molecule has 2 aromatic carbocycles. The predicted octanol–water partition coefficient (Wildman–Crippen LogP) is 1.71. The molecule has 1 aliphatic rings. The molecular weight excluding hydrogens is 418 g/mol. The zero-order chi connectivity index (χ0) is 22.4. The number of carbonyl (C=O) groups is 1. The second-order valence-corrected chi connectivity index (χ2v) is 9.51. The minimum Gasteiger partial charge on any atom is -0.496 e. The summed E-state index contributed by atoms with van der Waals surface area (Å²) in [5.74, 6) is -0.0736. The molecule has 1 aliphatic heterocycles. The standard InChI is InChI=1S/C22H29N3O5S/c1-24(2)16-18-7-5-4-6-17(18)15-23-22(26)20-14-19(8-9-21(20)29-3)31(27,28)25-10-12-30-13-11-25/h4-9,14H,10-13,15-16H2,1-3H3,(H,23,26). The second-order valence-electron chi connectivity index (χ2n) is 7.57. The molecule has 0 radical (unpaired) electrons. The number of benzene rings is 2. The van der Waals surface area contributed by atoms with E-state index in [0.29, 0.717) is 38.6 Å². The van der Waals surface area contributed by atoms with Crippen LogP contribution in [0.3, 0.4) is 0 Å². The van der Waals surface area contributed by atoms with Crippen LogP contribution < -0.4 is 10.1 Å². The fourth-order valence-corrected chi connectivity index (χ4v) is 4.89. The number of amides is 1. The number of hydrogen-bond donors (Lipinski definition) is 1. The zero-order valence-corrected chi connectivity index (χ0v) is 18.9. The van der Waals surface area contributed by atoms with E-state index in [1.165, 1.54) is 29.6 Å². The van der Waals surface area contributed by atoms with Gasteiger partial charge >= 0.3 is 0 Å². The lowest BCUT2D eigenvalue weighted by Crippen LogP contribution is -2.40. The van der Waals surface area contributed by atoms with Gasteiger partial charge in [0.1, 0.15) is 5.75 Å². The smallest absolute Gasteiger partial charge is 0.255 e. The van der Waals surface area contributed by atoms with Crippen LogP contribution in [0.15, 0.2) is 47.4 Å². The fourth-order valence-electron chi connectivity index (χ4n) is 3.46. The average Bonchev–Trinajstić information content (AvgIpc) is 2.78. The summed E-state index contributed by atoms with van der Waals surface area (Å²) in [6, 6.07) is 12.2. The number of carbonyl (C=O) groups excluding carboxylic acids is 1. The molecule has 1 amide bonds. The first-order chi connectivity index (χ1) is 14.8. The quantitative estimate of drug-likeness (QED) is 0.663. The van der Waals surface area contributed by atoms with E-state index in [2.05, 4.69) is 10.2 Å². The number of ether oxygens (including phenoxy) is 2. The van der Waals surface area contributed by atoms with Gasteiger partial charge in [0.25, 0.3) is 5.91 Å². The molecule has 0 bridgehead atoms.